The number of aliphatic hydroxyl groups excluding tert-OH is 1. The van der Waals surface area contributed by atoms with Crippen LogP contribution in [0.1, 0.15) is 15.9 Å². The minimum Gasteiger partial charge on any atom is -0.395 e. The lowest BCUT2D eigenvalue weighted by Gasteiger charge is -2.21. The molecule has 0 aliphatic carbocycles. The van der Waals surface area contributed by atoms with Gasteiger partial charge in [-0.15, -0.1) is 0 Å². The molecule has 2 N–H and O–H groups in total. The summed E-state index contributed by atoms with van der Waals surface area (Å²) in [5.41, 5.74) is 0.791. The van der Waals surface area contributed by atoms with E-state index in [1.54, 1.807) is 6.07 Å². The lowest BCUT2D eigenvalue weighted by atomic mass is 10.1. The molecule has 0 saturated heterocycles. The van der Waals surface area contributed by atoms with Crippen molar-refractivity contribution >= 4 is 5.91 Å². The predicted octanol–water partition coefficient (Wildman–Crippen LogP) is 1.05. The molecule has 110 valence electrons. The highest BCUT2D eigenvalue weighted by atomic mass is 16.3. The van der Waals surface area contributed by atoms with Gasteiger partial charge < -0.3 is 15.0 Å². The molecule has 1 amide bonds. The third-order valence-electron chi connectivity index (χ3n) is 3.22. The number of aromatic nitrogens is 1. The van der Waals surface area contributed by atoms with Crippen molar-refractivity contribution in [2.45, 2.75) is 6.42 Å². The second-order valence-corrected chi connectivity index (χ2v) is 4.66. The monoisotopic (exact) mass is 286 g/mol. The summed E-state index contributed by atoms with van der Waals surface area (Å²) in [5.74, 6) is -0.359. The van der Waals surface area contributed by atoms with Gasteiger partial charge in [0.25, 0.3) is 11.5 Å². The molecule has 0 unspecified atom stereocenters. The highest BCUT2D eigenvalue weighted by Crippen LogP contribution is 2.04. The Morgan fingerprint density at radius 1 is 1.10 bits per heavy atom. The Balaban J connectivity index is 2.10. The van der Waals surface area contributed by atoms with Crippen LogP contribution in [-0.2, 0) is 6.42 Å². The van der Waals surface area contributed by atoms with E-state index in [2.05, 4.69) is 4.98 Å². The number of aromatic amines is 1. The molecule has 0 saturated carbocycles. The van der Waals surface area contributed by atoms with Crippen molar-refractivity contribution < 1.29 is 9.90 Å². The van der Waals surface area contributed by atoms with Crippen LogP contribution >= 0.6 is 0 Å². The molecule has 5 nitrogen and oxygen atoms in total. The number of hydrogen-bond donors (Lipinski definition) is 2. The van der Waals surface area contributed by atoms with Crippen LogP contribution in [0.3, 0.4) is 0 Å². The van der Waals surface area contributed by atoms with Crippen molar-refractivity contribution in [3.05, 3.63) is 70.1 Å². The number of H-pyrrole nitrogens is 1. The largest absolute Gasteiger partial charge is 0.395 e. The fraction of sp³-hybridized carbons (Fsp3) is 0.250. The first-order valence-corrected chi connectivity index (χ1v) is 6.84. The summed E-state index contributed by atoms with van der Waals surface area (Å²) in [7, 11) is 0. The predicted molar refractivity (Wildman–Crippen MR) is 80.2 cm³/mol. The molecule has 0 bridgehead atoms. The number of pyridine rings is 1. The first-order valence-electron chi connectivity index (χ1n) is 6.84. The van der Waals surface area contributed by atoms with Gasteiger partial charge in [0.1, 0.15) is 5.56 Å². The van der Waals surface area contributed by atoms with E-state index in [4.69, 9.17) is 5.11 Å². The van der Waals surface area contributed by atoms with Gasteiger partial charge in [-0.1, -0.05) is 30.3 Å². The van der Waals surface area contributed by atoms with Crippen LogP contribution in [-0.4, -0.2) is 40.6 Å². The Kier molecular flexibility index (Phi) is 5.29. The minimum atomic E-state index is -0.412. The van der Waals surface area contributed by atoms with Crippen molar-refractivity contribution in [2.24, 2.45) is 0 Å². The van der Waals surface area contributed by atoms with E-state index in [0.29, 0.717) is 13.0 Å². The smallest absolute Gasteiger partial charge is 0.260 e. The van der Waals surface area contributed by atoms with Gasteiger partial charge in [-0.3, -0.25) is 9.59 Å². The van der Waals surface area contributed by atoms with Gasteiger partial charge >= 0.3 is 0 Å². The fourth-order valence-electron chi connectivity index (χ4n) is 2.10. The standard InChI is InChI=1S/C16H18N2O3/c19-12-11-18(10-8-13-5-2-1-3-6-13)16(21)14-7-4-9-17-15(14)20/h1-7,9,19H,8,10-12H2,(H,17,20). The average Bonchev–Trinajstić information content (AvgIpc) is 2.52. The Morgan fingerprint density at radius 3 is 2.52 bits per heavy atom. The van der Waals surface area contributed by atoms with Gasteiger partial charge in [0.15, 0.2) is 0 Å². The van der Waals surface area contributed by atoms with Crippen LogP contribution in [0.2, 0.25) is 0 Å². The van der Waals surface area contributed by atoms with Gasteiger partial charge in [-0.2, -0.15) is 0 Å². The topological polar surface area (TPSA) is 73.4 Å². The van der Waals surface area contributed by atoms with E-state index in [1.807, 2.05) is 30.3 Å². The number of aliphatic hydroxyl groups is 1. The van der Waals surface area contributed by atoms with Crippen LogP contribution in [0, 0.1) is 0 Å². The molecule has 0 spiro atoms. The zero-order valence-electron chi connectivity index (χ0n) is 11.7. The number of rotatable bonds is 6. The Morgan fingerprint density at radius 2 is 1.86 bits per heavy atom. The van der Waals surface area contributed by atoms with Crippen molar-refractivity contribution in [3.8, 4) is 0 Å². The highest BCUT2D eigenvalue weighted by Gasteiger charge is 2.17. The molecule has 0 aliphatic heterocycles. The van der Waals surface area contributed by atoms with Gasteiger partial charge in [0.05, 0.1) is 6.61 Å². The van der Waals surface area contributed by atoms with E-state index in [9.17, 15) is 9.59 Å². The lowest BCUT2D eigenvalue weighted by molar-refractivity contribution is 0.0722. The number of benzene rings is 1. The summed E-state index contributed by atoms with van der Waals surface area (Å²) >= 11 is 0. The minimum absolute atomic E-state index is 0.0963. The number of carbonyl (C=O) groups is 1. The molecule has 0 radical (unpaired) electrons. The molecule has 0 fully saturated rings. The zero-order chi connectivity index (χ0) is 15.1. The van der Waals surface area contributed by atoms with Crippen LogP contribution in [0.5, 0.6) is 0 Å². The normalized spacial score (nSPS) is 10.3. The third kappa shape index (κ3) is 4.03. The van der Waals surface area contributed by atoms with Crippen LogP contribution in [0.15, 0.2) is 53.5 Å². The Labute approximate surface area is 122 Å². The first-order chi connectivity index (χ1) is 10.2. The second-order valence-electron chi connectivity index (χ2n) is 4.66. The van der Waals surface area contributed by atoms with Crippen molar-refractivity contribution in [1.82, 2.24) is 9.88 Å². The fourth-order valence-corrected chi connectivity index (χ4v) is 2.10. The molecule has 21 heavy (non-hydrogen) atoms. The van der Waals surface area contributed by atoms with Crippen LogP contribution < -0.4 is 5.56 Å². The molecule has 0 atom stereocenters. The first kappa shape index (κ1) is 15.0. The van der Waals surface area contributed by atoms with Crippen molar-refractivity contribution in [1.29, 1.82) is 0 Å². The molecular weight excluding hydrogens is 268 g/mol. The maximum Gasteiger partial charge on any atom is 0.260 e. The van der Waals surface area contributed by atoms with Gasteiger partial charge in [-0.05, 0) is 24.1 Å². The molecule has 1 aromatic heterocycles. The van der Waals surface area contributed by atoms with E-state index >= 15 is 0 Å². The molecular formula is C16H18N2O3. The Bertz CT molecular complexity index is 637. The average molecular weight is 286 g/mol. The van der Waals surface area contributed by atoms with E-state index in [0.717, 1.165) is 5.56 Å². The second kappa shape index (κ2) is 7.40. The summed E-state index contributed by atoms with van der Waals surface area (Å²) in [4.78, 5) is 28.0. The van der Waals surface area contributed by atoms with Gasteiger partial charge in [0.2, 0.25) is 0 Å². The van der Waals surface area contributed by atoms with Crippen LogP contribution in [0.4, 0.5) is 0 Å². The highest BCUT2D eigenvalue weighted by molar-refractivity contribution is 5.93. The van der Waals surface area contributed by atoms with E-state index in [-0.39, 0.29) is 24.6 Å². The maximum atomic E-state index is 12.4. The summed E-state index contributed by atoms with van der Waals surface area (Å²) in [5, 5.41) is 9.12. The Hall–Kier alpha value is -2.40. The van der Waals surface area contributed by atoms with Crippen molar-refractivity contribution in [3.63, 3.8) is 0 Å². The number of amides is 1. The molecule has 0 aliphatic rings. The zero-order valence-corrected chi connectivity index (χ0v) is 11.7. The SMILES string of the molecule is O=C(c1ccc[nH]c1=O)N(CCO)CCc1ccccc1. The van der Waals surface area contributed by atoms with Gasteiger partial charge in [0, 0.05) is 19.3 Å². The summed E-state index contributed by atoms with van der Waals surface area (Å²) in [6.07, 6.45) is 2.16. The number of carbonyl (C=O) groups excluding carboxylic acids is 1. The third-order valence-corrected chi connectivity index (χ3v) is 3.22. The lowest BCUT2D eigenvalue weighted by Crippen LogP contribution is -2.38. The van der Waals surface area contributed by atoms with Crippen LogP contribution in [0.25, 0.3) is 0 Å². The van der Waals surface area contributed by atoms with E-state index in [1.165, 1.54) is 17.2 Å². The quantitative estimate of drug-likeness (QED) is 0.833. The number of hydrogen-bond acceptors (Lipinski definition) is 3. The van der Waals surface area contributed by atoms with Crippen molar-refractivity contribution in [2.75, 3.05) is 19.7 Å². The molecule has 1 aromatic carbocycles. The molecule has 5 heteroatoms. The molecule has 1 heterocycles. The maximum absolute atomic E-state index is 12.4. The number of nitrogens with zero attached hydrogens (tertiary/aromatic N) is 1. The molecule has 2 aromatic rings. The van der Waals surface area contributed by atoms with E-state index < -0.39 is 5.56 Å². The number of nitrogens with one attached hydrogen (secondary N) is 1. The molecule has 2 rings (SSSR count). The summed E-state index contributed by atoms with van der Waals surface area (Å²) in [6, 6.07) is 12.9. The van der Waals surface area contributed by atoms with Gasteiger partial charge in [-0.25, -0.2) is 0 Å². The summed E-state index contributed by atoms with van der Waals surface area (Å²) in [6.45, 7) is 0.531. The summed E-state index contributed by atoms with van der Waals surface area (Å²) < 4.78 is 0.